The average Bonchev–Trinajstić information content (AvgIpc) is 3.01. The van der Waals surface area contributed by atoms with Gasteiger partial charge in [0, 0.05) is 11.4 Å². The van der Waals surface area contributed by atoms with Crippen LogP contribution in [0.5, 0.6) is 5.88 Å². The standard InChI is InChI=1S/C19H19N5O/c1-5-8-25-19-14-9-13(6-7-16(14)23-24-19)17-15(10-20)11(2)22-12(3)18(17)21-4/h6-7,9,17,22H,5,8H2,1-3H3,(H,23,24). The Labute approximate surface area is 146 Å². The summed E-state index contributed by atoms with van der Waals surface area (Å²) in [5.41, 5.74) is 4.43. The number of allylic oxidation sites excluding steroid dienone is 3. The molecule has 25 heavy (non-hydrogen) atoms. The third-order valence-electron chi connectivity index (χ3n) is 4.29. The van der Waals surface area contributed by atoms with Crippen molar-refractivity contribution in [2.45, 2.75) is 33.1 Å². The Kier molecular flexibility index (Phi) is 4.45. The number of benzene rings is 1. The van der Waals surface area contributed by atoms with E-state index in [1.54, 1.807) is 0 Å². The van der Waals surface area contributed by atoms with E-state index < -0.39 is 0 Å². The minimum absolute atomic E-state index is 0.373. The zero-order valence-corrected chi connectivity index (χ0v) is 14.5. The van der Waals surface area contributed by atoms with E-state index in [-0.39, 0.29) is 5.92 Å². The van der Waals surface area contributed by atoms with E-state index in [0.29, 0.717) is 23.8 Å². The van der Waals surface area contributed by atoms with Gasteiger partial charge in [-0.3, -0.25) is 5.10 Å². The molecule has 0 amide bonds. The van der Waals surface area contributed by atoms with Crippen molar-refractivity contribution in [1.29, 1.82) is 5.26 Å². The summed E-state index contributed by atoms with van der Waals surface area (Å²) in [7, 11) is 0. The highest BCUT2D eigenvalue weighted by molar-refractivity contribution is 5.85. The molecule has 126 valence electrons. The molecule has 1 aromatic heterocycles. The zero-order chi connectivity index (χ0) is 18.0. The summed E-state index contributed by atoms with van der Waals surface area (Å²) in [4.78, 5) is 3.69. The highest BCUT2D eigenvalue weighted by atomic mass is 16.5. The van der Waals surface area contributed by atoms with Gasteiger partial charge in [-0.25, -0.2) is 4.85 Å². The molecule has 6 heteroatoms. The van der Waals surface area contributed by atoms with Gasteiger partial charge in [0.15, 0.2) is 5.70 Å². The Morgan fingerprint density at radius 2 is 2.16 bits per heavy atom. The SMILES string of the molecule is [C-]#[N+]C1=C(C)NC(C)=C(C#N)C1c1ccc2[nH]nc(OCCC)c2c1. The zero-order valence-electron chi connectivity index (χ0n) is 14.5. The third-order valence-corrected chi connectivity index (χ3v) is 4.29. The van der Waals surface area contributed by atoms with E-state index in [1.165, 1.54) is 0 Å². The minimum atomic E-state index is -0.373. The van der Waals surface area contributed by atoms with Crippen LogP contribution in [0.25, 0.3) is 15.7 Å². The summed E-state index contributed by atoms with van der Waals surface area (Å²) in [5.74, 6) is 0.180. The summed E-state index contributed by atoms with van der Waals surface area (Å²) >= 11 is 0. The van der Waals surface area contributed by atoms with E-state index in [9.17, 15) is 5.26 Å². The highest BCUT2D eigenvalue weighted by Gasteiger charge is 2.30. The maximum Gasteiger partial charge on any atom is 0.240 e. The van der Waals surface area contributed by atoms with Crippen LogP contribution in [0.15, 0.2) is 40.9 Å². The van der Waals surface area contributed by atoms with Crippen molar-refractivity contribution in [1.82, 2.24) is 15.5 Å². The number of dihydropyridines is 1. The Balaban J connectivity index is 2.14. The minimum Gasteiger partial charge on any atom is -0.476 e. The number of hydrogen-bond acceptors (Lipinski definition) is 4. The van der Waals surface area contributed by atoms with Gasteiger partial charge in [-0.15, -0.1) is 5.10 Å². The lowest BCUT2D eigenvalue weighted by atomic mass is 9.84. The molecule has 1 atom stereocenters. The van der Waals surface area contributed by atoms with Gasteiger partial charge in [0.1, 0.15) is 0 Å². The third kappa shape index (κ3) is 2.83. The summed E-state index contributed by atoms with van der Waals surface area (Å²) in [6.45, 7) is 13.9. The summed E-state index contributed by atoms with van der Waals surface area (Å²) in [6, 6.07) is 8.07. The Bertz CT molecular complexity index is 932. The van der Waals surface area contributed by atoms with Crippen LogP contribution in [-0.2, 0) is 0 Å². The van der Waals surface area contributed by atoms with Crippen LogP contribution < -0.4 is 10.1 Å². The summed E-state index contributed by atoms with van der Waals surface area (Å²) < 4.78 is 5.70. The smallest absolute Gasteiger partial charge is 0.240 e. The van der Waals surface area contributed by atoms with Crippen LogP contribution in [0.3, 0.4) is 0 Å². The number of nitrogens with zero attached hydrogens (tertiary/aromatic N) is 3. The van der Waals surface area contributed by atoms with Crippen molar-refractivity contribution in [2.24, 2.45) is 0 Å². The van der Waals surface area contributed by atoms with Crippen molar-refractivity contribution in [3.63, 3.8) is 0 Å². The number of nitrogens with one attached hydrogen (secondary N) is 2. The molecule has 0 radical (unpaired) electrons. The molecular weight excluding hydrogens is 314 g/mol. The molecule has 2 aromatic rings. The second-order valence-corrected chi connectivity index (χ2v) is 6.01. The number of aromatic amines is 1. The lowest BCUT2D eigenvalue weighted by Crippen LogP contribution is -2.22. The van der Waals surface area contributed by atoms with E-state index in [2.05, 4.69) is 26.4 Å². The number of rotatable bonds is 4. The average molecular weight is 333 g/mol. The molecule has 0 fully saturated rings. The molecule has 0 bridgehead atoms. The number of hydrogen-bond donors (Lipinski definition) is 2. The first-order valence-electron chi connectivity index (χ1n) is 8.17. The first-order valence-corrected chi connectivity index (χ1v) is 8.17. The van der Waals surface area contributed by atoms with Crippen LogP contribution in [0, 0.1) is 17.9 Å². The normalized spacial score (nSPS) is 17.2. The second kappa shape index (κ2) is 6.70. The first kappa shape index (κ1) is 16.6. The maximum absolute atomic E-state index is 9.62. The molecular formula is C19H19N5O. The summed E-state index contributed by atoms with van der Waals surface area (Å²) in [5, 5.41) is 20.8. The van der Waals surface area contributed by atoms with Gasteiger partial charge in [-0.2, -0.15) is 5.26 Å². The maximum atomic E-state index is 9.62. The van der Waals surface area contributed by atoms with Crippen LogP contribution in [0.2, 0.25) is 0 Å². The van der Waals surface area contributed by atoms with Crippen LogP contribution in [-0.4, -0.2) is 16.8 Å². The van der Waals surface area contributed by atoms with Crippen LogP contribution in [0.1, 0.15) is 38.7 Å². The second-order valence-electron chi connectivity index (χ2n) is 6.01. The van der Waals surface area contributed by atoms with E-state index in [0.717, 1.165) is 34.3 Å². The number of H-pyrrole nitrogens is 1. The first-order chi connectivity index (χ1) is 12.1. The quantitative estimate of drug-likeness (QED) is 0.829. The van der Waals surface area contributed by atoms with Crippen molar-refractivity contribution in [2.75, 3.05) is 6.61 Å². The fourth-order valence-electron chi connectivity index (χ4n) is 3.10. The molecule has 1 aliphatic heterocycles. The van der Waals surface area contributed by atoms with E-state index in [4.69, 9.17) is 11.3 Å². The molecule has 3 rings (SSSR count). The predicted molar refractivity (Wildman–Crippen MR) is 95.4 cm³/mol. The van der Waals surface area contributed by atoms with Gasteiger partial charge in [0.05, 0.1) is 41.6 Å². The van der Waals surface area contributed by atoms with Gasteiger partial charge in [-0.1, -0.05) is 13.0 Å². The van der Waals surface area contributed by atoms with Gasteiger partial charge < -0.3 is 10.1 Å². The molecule has 2 heterocycles. The van der Waals surface area contributed by atoms with Gasteiger partial charge >= 0.3 is 0 Å². The topological polar surface area (TPSA) is 78.1 Å². The Morgan fingerprint density at radius 1 is 1.36 bits per heavy atom. The van der Waals surface area contributed by atoms with E-state index in [1.807, 2.05) is 39.0 Å². The molecule has 0 spiro atoms. The molecule has 0 saturated heterocycles. The molecule has 1 aliphatic rings. The fraction of sp³-hybridized carbons (Fsp3) is 0.316. The Hall–Kier alpha value is -3.25. The molecule has 1 unspecified atom stereocenters. The fourth-order valence-corrected chi connectivity index (χ4v) is 3.10. The van der Waals surface area contributed by atoms with Gasteiger partial charge in [0.2, 0.25) is 5.88 Å². The molecule has 1 aromatic carbocycles. The van der Waals surface area contributed by atoms with Crippen molar-refractivity contribution in [3.05, 3.63) is 57.8 Å². The lowest BCUT2D eigenvalue weighted by molar-refractivity contribution is 0.308. The van der Waals surface area contributed by atoms with Gasteiger partial charge in [0.25, 0.3) is 0 Å². The van der Waals surface area contributed by atoms with Crippen LogP contribution in [0.4, 0.5) is 0 Å². The molecule has 6 nitrogen and oxygen atoms in total. The predicted octanol–water partition coefficient (Wildman–Crippen LogP) is 3.99. The van der Waals surface area contributed by atoms with Crippen LogP contribution >= 0.6 is 0 Å². The molecule has 0 saturated carbocycles. The number of aromatic nitrogens is 2. The highest BCUT2D eigenvalue weighted by Crippen LogP contribution is 2.39. The largest absolute Gasteiger partial charge is 0.476 e. The number of ether oxygens (including phenoxy) is 1. The summed E-state index contributed by atoms with van der Waals surface area (Å²) in [6.07, 6.45) is 0.895. The molecule has 0 aliphatic carbocycles. The van der Waals surface area contributed by atoms with Crippen molar-refractivity contribution in [3.8, 4) is 11.9 Å². The number of fused-ring (bicyclic) bond motifs is 1. The molecule has 2 N–H and O–H groups in total. The lowest BCUT2D eigenvalue weighted by Gasteiger charge is -2.26. The van der Waals surface area contributed by atoms with Crippen molar-refractivity contribution >= 4 is 10.9 Å². The number of nitriles is 1. The monoisotopic (exact) mass is 333 g/mol. The van der Waals surface area contributed by atoms with Crippen molar-refractivity contribution < 1.29 is 4.74 Å². The Morgan fingerprint density at radius 3 is 2.84 bits per heavy atom. The van der Waals surface area contributed by atoms with Gasteiger partial charge in [-0.05, 0) is 38.0 Å². The van der Waals surface area contributed by atoms with E-state index >= 15 is 0 Å².